The molecule has 8 nitrogen and oxygen atoms in total. The summed E-state index contributed by atoms with van der Waals surface area (Å²) in [4.78, 5) is 37.3. The molecule has 0 aliphatic rings. The molecule has 0 aromatic rings. The molecule has 0 radical (unpaired) electrons. The van der Waals surface area contributed by atoms with E-state index in [2.05, 4.69) is 4.31 Å². The second-order valence-corrected chi connectivity index (χ2v) is 3.42. The van der Waals surface area contributed by atoms with Gasteiger partial charge in [-0.05, 0) is 0 Å². The summed E-state index contributed by atoms with van der Waals surface area (Å²) >= 11 is 0. The van der Waals surface area contributed by atoms with Crippen LogP contribution in [0, 0.1) is 0 Å². The van der Waals surface area contributed by atoms with Gasteiger partial charge in [0.25, 0.3) is 0 Å². The van der Waals surface area contributed by atoms with Crippen LogP contribution in [0.4, 0.5) is 0 Å². The van der Waals surface area contributed by atoms with E-state index in [1.165, 1.54) is 0 Å². The van der Waals surface area contributed by atoms with Crippen molar-refractivity contribution in [1.29, 1.82) is 0 Å². The van der Waals surface area contributed by atoms with E-state index in [9.17, 15) is 28.7 Å². The standard InChI is InChI=1S/4K.H4O7P2.H2O/c;;;;1-8(2,3)7-9(4,5)6;/h;;;;(H2,1,2,3)(H2,4,5,6);1H2/q4*+1;;/p-4. The average molecular weight is 348 g/mol. The molecule has 0 saturated heterocycles. The third-order valence-electron chi connectivity index (χ3n) is 0.200. The zero-order valence-corrected chi connectivity index (χ0v) is 22.5. The van der Waals surface area contributed by atoms with Crippen LogP contribution in [-0.2, 0) is 13.4 Å². The monoisotopic (exact) mass is 348 g/mol. The molecule has 0 spiro atoms. The second-order valence-electron chi connectivity index (χ2n) is 0.976. The van der Waals surface area contributed by atoms with Crippen LogP contribution in [0.5, 0.6) is 0 Å². The maximum Gasteiger partial charge on any atom is 1.00 e. The van der Waals surface area contributed by atoms with Gasteiger partial charge in [0, 0.05) is 0 Å². The minimum atomic E-state index is -5.68. The summed E-state index contributed by atoms with van der Waals surface area (Å²) in [5, 5.41) is 0. The van der Waals surface area contributed by atoms with E-state index < -0.39 is 15.6 Å². The van der Waals surface area contributed by atoms with E-state index in [-0.39, 0.29) is 211 Å². The fraction of sp³-hybridized carbons (Fsp3) is 0. The van der Waals surface area contributed by atoms with Crippen LogP contribution < -0.4 is 225 Å². The van der Waals surface area contributed by atoms with Crippen LogP contribution in [0.2, 0.25) is 0 Å². The molecule has 14 heteroatoms. The summed E-state index contributed by atoms with van der Waals surface area (Å²) in [6.45, 7) is 0. The van der Waals surface area contributed by atoms with Gasteiger partial charge >= 0.3 is 206 Å². The van der Waals surface area contributed by atoms with Crippen molar-refractivity contribution in [3.63, 3.8) is 0 Å². The number of phosphoric acid groups is 2. The third-order valence-corrected chi connectivity index (χ3v) is 1.80. The topological polar surface area (TPSA) is 167 Å². The molecule has 0 amide bonds. The molecule has 0 heterocycles. The predicted octanol–water partition coefficient (Wildman–Crippen LogP) is -16.1. The zero-order chi connectivity index (χ0) is 7.71. The van der Waals surface area contributed by atoms with Gasteiger partial charge in [-0.25, -0.2) is 0 Å². The molecule has 0 unspecified atom stereocenters. The van der Waals surface area contributed by atoms with Crippen LogP contribution in [0.1, 0.15) is 0 Å². The number of hydrogen-bond acceptors (Lipinski definition) is 7. The van der Waals surface area contributed by atoms with E-state index in [4.69, 9.17) is 0 Å². The average Bonchev–Trinajstić information content (AvgIpc) is 1.14. The number of hydrogen-bond donors (Lipinski definition) is 0. The summed E-state index contributed by atoms with van der Waals surface area (Å²) in [6.07, 6.45) is 0. The molecule has 0 fully saturated rings. The van der Waals surface area contributed by atoms with Gasteiger partial charge in [0.05, 0.1) is 15.6 Å². The third kappa shape index (κ3) is 36.3. The van der Waals surface area contributed by atoms with E-state index in [0.29, 0.717) is 0 Å². The van der Waals surface area contributed by atoms with E-state index >= 15 is 0 Å². The Hall–Kier alpha value is 6.77. The van der Waals surface area contributed by atoms with Gasteiger partial charge in [-0.2, -0.15) is 0 Å². The van der Waals surface area contributed by atoms with E-state index in [0.717, 1.165) is 0 Å². The van der Waals surface area contributed by atoms with Gasteiger partial charge in [0.2, 0.25) is 0 Å². The summed E-state index contributed by atoms with van der Waals surface area (Å²) in [5.74, 6) is 0. The molecule has 0 atom stereocenters. The first kappa shape index (κ1) is 37.2. The first-order chi connectivity index (χ1) is 3.71. The van der Waals surface area contributed by atoms with Crippen molar-refractivity contribution in [2.24, 2.45) is 0 Å². The SMILES string of the molecule is O.O=P([O-])([O-])OP(=O)([O-])[O-].[K+].[K+].[K+].[K+]. The maximum absolute atomic E-state index is 9.32. The maximum atomic E-state index is 9.32. The van der Waals surface area contributed by atoms with Crippen LogP contribution in [0.25, 0.3) is 0 Å². The van der Waals surface area contributed by atoms with Crippen molar-refractivity contribution in [2.45, 2.75) is 0 Å². The van der Waals surface area contributed by atoms with Gasteiger partial charge in [-0.1, -0.05) is 0 Å². The Labute approximate surface area is 251 Å². The molecule has 0 aliphatic carbocycles. The van der Waals surface area contributed by atoms with Crippen LogP contribution in [-0.4, -0.2) is 5.48 Å². The van der Waals surface area contributed by atoms with Gasteiger partial charge in [0.1, 0.15) is 0 Å². The summed E-state index contributed by atoms with van der Waals surface area (Å²) in [7, 11) is -11.4. The first-order valence-electron chi connectivity index (χ1n) is 1.46. The minimum absolute atomic E-state index is 0. The Balaban J connectivity index is -0.0000000320. The van der Waals surface area contributed by atoms with Crippen molar-refractivity contribution < 1.29 is 244 Å². The predicted molar refractivity (Wildman–Crippen MR) is 19.9 cm³/mol. The van der Waals surface area contributed by atoms with Crippen molar-refractivity contribution in [3.8, 4) is 0 Å². The van der Waals surface area contributed by atoms with Gasteiger partial charge in [-0.3, -0.25) is 0 Å². The molecule has 0 bridgehead atoms. The van der Waals surface area contributed by atoms with Crippen molar-refractivity contribution >= 4 is 15.6 Å². The van der Waals surface area contributed by atoms with Crippen molar-refractivity contribution in [3.05, 3.63) is 0 Å². The van der Waals surface area contributed by atoms with Crippen LogP contribution in [0.15, 0.2) is 0 Å². The Morgan fingerprint density at radius 1 is 0.714 bits per heavy atom. The Bertz CT molecular complexity index is 160. The van der Waals surface area contributed by atoms with E-state index in [1.54, 1.807) is 0 Å². The fourth-order valence-corrected chi connectivity index (χ4v) is 1.10. The Morgan fingerprint density at radius 3 is 0.857 bits per heavy atom. The molecular weight excluding hydrogens is 346 g/mol. The Morgan fingerprint density at radius 2 is 0.857 bits per heavy atom. The van der Waals surface area contributed by atoms with Crippen molar-refractivity contribution in [1.82, 2.24) is 0 Å². The molecule has 64 valence electrons. The quantitative estimate of drug-likeness (QED) is 0.352. The van der Waals surface area contributed by atoms with Crippen LogP contribution in [0.3, 0.4) is 0 Å². The zero-order valence-electron chi connectivity index (χ0n) is 8.25. The van der Waals surface area contributed by atoms with E-state index in [1.807, 2.05) is 0 Å². The first-order valence-corrected chi connectivity index (χ1v) is 4.38. The van der Waals surface area contributed by atoms with Gasteiger partial charge in [0.15, 0.2) is 0 Å². The molecule has 0 aromatic carbocycles. The molecular formula is H2K4O8P2. The fourth-order valence-electron chi connectivity index (χ4n) is 0.122. The molecule has 0 aromatic heterocycles. The molecule has 0 aliphatic heterocycles. The smallest absolute Gasteiger partial charge is 0.790 e. The summed E-state index contributed by atoms with van der Waals surface area (Å²) < 4.78 is 21.2. The number of rotatable bonds is 2. The molecule has 0 rings (SSSR count). The summed E-state index contributed by atoms with van der Waals surface area (Å²) in [5.41, 5.74) is 0. The molecule has 14 heavy (non-hydrogen) atoms. The normalized spacial score (nSPS) is 8.86. The largest absolute Gasteiger partial charge is 1.00 e. The minimum Gasteiger partial charge on any atom is -0.790 e. The second kappa shape index (κ2) is 17.8. The molecule has 2 N–H and O–H groups in total. The summed E-state index contributed by atoms with van der Waals surface area (Å²) in [6, 6.07) is 0. The van der Waals surface area contributed by atoms with Crippen LogP contribution >= 0.6 is 15.6 Å². The van der Waals surface area contributed by atoms with Gasteiger partial charge < -0.3 is 38.5 Å². The van der Waals surface area contributed by atoms with Gasteiger partial charge in [-0.15, -0.1) is 0 Å². The molecule has 0 saturated carbocycles. The van der Waals surface area contributed by atoms with Crippen molar-refractivity contribution in [2.75, 3.05) is 0 Å². The Kier molecular flexibility index (Phi) is 47.4.